The van der Waals surface area contributed by atoms with Crippen molar-refractivity contribution in [2.45, 2.75) is 45.4 Å². The van der Waals surface area contributed by atoms with Crippen molar-refractivity contribution in [3.63, 3.8) is 0 Å². The molecule has 0 spiro atoms. The lowest BCUT2D eigenvalue weighted by Crippen LogP contribution is -2.04. The average molecular weight is 300 g/mol. The molecule has 3 N–H and O–H groups in total. The van der Waals surface area contributed by atoms with Gasteiger partial charge in [-0.2, -0.15) is 0 Å². The smallest absolute Gasteiger partial charge is 0.140 e. The van der Waals surface area contributed by atoms with Crippen LogP contribution in [0.2, 0.25) is 0 Å². The number of halogens is 1. The SMILES string of the molecule is CCCCCCCCNc1ncc(N)cc1Br. The number of hydrogen-bond donors (Lipinski definition) is 2. The molecule has 0 aliphatic heterocycles. The minimum atomic E-state index is 0.682. The van der Waals surface area contributed by atoms with E-state index in [4.69, 9.17) is 5.73 Å². The van der Waals surface area contributed by atoms with E-state index < -0.39 is 0 Å². The van der Waals surface area contributed by atoms with Crippen molar-refractivity contribution >= 4 is 27.4 Å². The van der Waals surface area contributed by atoms with Crippen LogP contribution in [0.4, 0.5) is 11.5 Å². The standard InChI is InChI=1S/C13H22BrN3/c1-2-3-4-5-6-7-8-16-13-12(14)9-11(15)10-17-13/h9-10H,2-8,15H2,1H3,(H,16,17). The van der Waals surface area contributed by atoms with Gasteiger partial charge >= 0.3 is 0 Å². The van der Waals surface area contributed by atoms with Crippen LogP contribution in [0.25, 0.3) is 0 Å². The summed E-state index contributed by atoms with van der Waals surface area (Å²) in [6.07, 6.45) is 9.53. The Morgan fingerprint density at radius 2 is 1.94 bits per heavy atom. The summed E-state index contributed by atoms with van der Waals surface area (Å²) in [5, 5.41) is 3.32. The number of hydrogen-bond acceptors (Lipinski definition) is 3. The van der Waals surface area contributed by atoms with E-state index in [1.807, 2.05) is 6.07 Å². The summed E-state index contributed by atoms with van der Waals surface area (Å²) >= 11 is 3.45. The number of nitrogens with two attached hydrogens (primary N) is 1. The lowest BCUT2D eigenvalue weighted by molar-refractivity contribution is 0.617. The molecule has 1 aromatic rings. The maximum Gasteiger partial charge on any atom is 0.140 e. The second-order valence-electron chi connectivity index (χ2n) is 4.29. The number of anilines is 2. The summed E-state index contributed by atoms with van der Waals surface area (Å²) in [5.41, 5.74) is 6.31. The molecule has 0 aromatic carbocycles. The Balaban J connectivity index is 2.14. The van der Waals surface area contributed by atoms with Crippen molar-refractivity contribution in [1.29, 1.82) is 0 Å². The molecule has 1 rings (SSSR count). The highest BCUT2D eigenvalue weighted by molar-refractivity contribution is 9.10. The van der Waals surface area contributed by atoms with Crippen LogP contribution in [-0.2, 0) is 0 Å². The van der Waals surface area contributed by atoms with Crippen LogP contribution in [-0.4, -0.2) is 11.5 Å². The van der Waals surface area contributed by atoms with Gasteiger partial charge in [-0.3, -0.25) is 0 Å². The first-order valence-corrected chi connectivity index (χ1v) is 7.18. The van der Waals surface area contributed by atoms with Gasteiger partial charge in [0.2, 0.25) is 0 Å². The molecule has 0 saturated carbocycles. The minimum absolute atomic E-state index is 0.682. The van der Waals surface area contributed by atoms with Gasteiger partial charge < -0.3 is 11.1 Å². The number of nitrogens with zero attached hydrogens (tertiary/aromatic N) is 1. The predicted octanol–water partition coefficient (Wildman–Crippen LogP) is 4.20. The Labute approximate surface area is 112 Å². The molecule has 0 fully saturated rings. The van der Waals surface area contributed by atoms with Crippen LogP contribution >= 0.6 is 15.9 Å². The van der Waals surface area contributed by atoms with E-state index in [0.29, 0.717) is 5.69 Å². The van der Waals surface area contributed by atoms with E-state index in [0.717, 1.165) is 16.8 Å². The highest BCUT2D eigenvalue weighted by atomic mass is 79.9. The summed E-state index contributed by atoms with van der Waals surface area (Å²) in [6, 6.07) is 1.87. The topological polar surface area (TPSA) is 50.9 Å². The van der Waals surface area contributed by atoms with Crippen LogP contribution < -0.4 is 11.1 Å². The summed E-state index contributed by atoms with van der Waals surface area (Å²) in [5.74, 6) is 0.882. The first-order valence-electron chi connectivity index (χ1n) is 6.39. The fourth-order valence-electron chi connectivity index (χ4n) is 1.69. The lowest BCUT2D eigenvalue weighted by atomic mass is 10.1. The quantitative estimate of drug-likeness (QED) is 0.707. The third-order valence-electron chi connectivity index (χ3n) is 2.69. The van der Waals surface area contributed by atoms with E-state index in [9.17, 15) is 0 Å². The Morgan fingerprint density at radius 3 is 2.65 bits per heavy atom. The third kappa shape index (κ3) is 5.91. The number of unbranched alkanes of at least 4 members (excludes halogenated alkanes) is 5. The zero-order chi connectivity index (χ0) is 12.5. The van der Waals surface area contributed by atoms with Crippen molar-refractivity contribution in [1.82, 2.24) is 4.98 Å². The fraction of sp³-hybridized carbons (Fsp3) is 0.615. The summed E-state index contributed by atoms with van der Waals surface area (Å²) in [4.78, 5) is 4.24. The molecular formula is C13H22BrN3. The third-order valence-corrected chi connectivity index (χ3v) is 3.29. The molecule has 0 aliphatic carbocycles. The average Bonchev–Trinajstić information content (AvgIpc) is 2.30. The van der Waals surface area contributed by atoms with Crippen molar-refractivity contribution in [2.75, 3.05) is 17.6 Å². The molecule has 3 nitrogen and oxygen atoms in total. The molecule has 17 heavy (non-hydrogen) atoms. The number of pyridine rings is 1. The van der Waals surface area contributed by atoms with Gasteiger partial charge in [-0.15, -0.1) is 0 Å². The molecule has 1 heterocycles. The maximum atomic E-state index is 5.63. The lowest BCUT2D eigenvalue weighted by Gasteiger charge is -2.07. The van der Waals surface area contributed by atoms with Gasteiger partial charge in [0.25, 0.3) is 0 Å². The fourth-order valence-corrected chi connectivity index (χ4v) is 2.20. The predicted molar refractivity (Wildman–Crippen MR) is 78.2 cm³/mol. The first-order chi connectivity index (χ1) is 8.24. The van der Waals surface area contributed by atoms with E-state index in [2.05, 4.69) is 33.2 Å². The number of rotatable bonds is 8. The van der Waals surface area contributed by atoms with Crippen molar-refractivity contribution in [2.24, 2.45) is 0 Å². The molecule has 96 valence electrons. The highest BCUT2D eigenvalue weighted by Gasteiger charge is 2.00. The van der Waals surface area contributed by atoms with Crippen LogP contribution in [0.15, 0.2) is 16.7 Å². The van der Waals surface area contributed by atoms with Crippen molar-refractivity contribution in [3.8, 4) is 0 Å². The highest BCUT2D eigenvalue weighted by Crippen LogP contribution is 2.21. The Morgan fingerprint density at radius 1 is 1.24 bits per heavy atom. The Hall–Kier alpha value is -0.770. The van der Waals surface area contributed by atoms with Gasteiger partial charge in [-0.1, -0.05) is 39.0 Å². The van der Waals surface area contributed by atoms with Crippen molar-refractivity contribution < 1.29 is 0 Å². The second-order valence-corrected chi connectivity index (χ2v) is 5.15. The first kappa shape index (κ1) is 14.3. The molecular weight excluding hydrogens is 278 g/mol. The normalized spacial score (nSPS) is 10.5. The molecule has 4 heteroatoms. The molecule has 0 unspecified atom stereocenters. The summed E-state index contributed by atoms with van der Waals surface area (Å²) in [7, 11) is 0. The molecule has 0 bridgehead atoms. The van der Waals surface area contributed by atoms with E-state index >= 15 is 0 Å². The Kier molecular flexibility index (Phi) is 7.01. The van der Waals surface area contributed by atoms with Gasteiger partial charge in [-0.25, -0.2) is 4.98 Å². The van der Waals surface area contributed by atoms with E-state index in [1.165, 1.54) is 38.5 Å². The zero-order valence-corrected chi connectivity index (χ0v) is 12.1. The van der Waals surface area contributed by atoms with Gasteiger partial charge in [0.15, 0.2) is 0 Å². The van der Waals surface area contributed by atoms with Crippen LogP contribution in [0.5, 0.6) is 0 Å². The molecule has 0 aliphatic rings. The van der Waals surface area contributed by atoms with Gasteiger partial charge in [0, 0.05) is 6.54 Å². The van der Waals surface area contributed by atoms with Crippen LogP contribution in [0, 0.1) is 0 Å². The molecule has 0 amide bonds. The molecule has 0 radical (unpaired) electrons. The summed E-state index contributed by atoms with van der Waals surface area (Å²) in [6.45, 7) is 3.22. The largest absolute Gasteiger partial charge is 0.397 e. The van der Waals surface area contributed by atoms with Crippen LogP contribution in [0.3, 0.4) is 0 Å². The monoisotopic (exact) mass is 299 g/mol. The molecule has 0 atom stereocenters. The minimum Gasteiger partial charge on any atom is -0.397 e. The van der Waals surface area contributed by atoms with Gasteiger partial charge in [-0.05, 0) is 28.4 Å². The van der Waals surface area contributed by atoms with Gasteiger partial charge in [0.1, 0.15) is 5.82 Å². The number of nitrogens with one attached hydrogen (secondary N) is 1. The second kappa shape index (κ2) is 8.34. The maximum absolute atomic E-state index is 5.63. The van der Waals surface area contributed by atoms with E-state index in [1.54, 1.807) is 6.20 Å². The summed E-state index contributed by atoms with van der Waals surface area (Å²) < 4.78 is 0.934. The zero-order valence-electron chi connectivity index (χ0n) is 10.5. The van der Waals surface area contributed by atoms with Crippen molar-refractivity contribution in [3.05, 3.63) is 16.7 Å². The molecule has 1 aromatic heterocycles. The van der Waals surface area contributed by atoms with Gasteiger partial charge in [0.05, 0.1) is 16.4 Å². The molecule has 0 saturated heterocycles. The van der Waals surface area contributed by atoms with E-state index in [-0.39, 0.29) is 0 Å². The Bertz CT molecular complexity index is 328. The van der Waals surface area contributed by atoms with Crippen LogP contribution in [0.1, 0.15) is 45.4 Å². The number of aromatic nitrogens is 1. The number of nitrogen functional groups attached to an aromatic ring is 1.